The van der Waals surface area contributed by atoms with Gasteiger partial charge < -0.3 is 14.2 Å². The monoisotopic (exact) mass is 277 g/mol. The molecule has 112 valence electrons. The fourth-order valence-corrected chi connectivity index (χ4v) is 2.81. The Morgan fingerprint density at radius 3 is 2.70 bits per heavy atom. The summed E-state index contributed by atoms with van der Waals surface area (Å²) in [5, 5.41) is 0. The van der Waals surface area contributed by atoms with Crippen LogP contribution in [0.2, 0.25) is 6.32 Å². The second-order valence-corrected chi connectivity index (χ2v) is 6.52. The lowest BCUT2D eigenvalue weighted by molar-refractivity contribution is 0.0840. The average Bonchev–Trinajstić information content (AvgIpc) is 2.64. The van der Waals surface area contributed by atoms with E-state index in [1.807, 2.05) is 0 Å². The molecular formula is C16H28BNO2. The van der Waals surface area contributed by atoms with E-state index in [1.54, 1.807) is 0 Å². The minimum atomic E-state index is -0.172. The summed E-state index contributed by atoms with van der Waals surface area (Å²) >= 11 is 0. The highest BCUT2D eigenvalue weighted by Gasteiger charge is 2.42. The number of rotatable bonds is 3. The lowest BCUT2D eigenvalue weighted by Gasteiger charge is -2.27. The van der Waals surface area contributed by atoms with Crippen molar-refractivity contribution >= 4 is 7.12 Å². The van der Waals surface area contributed by atoms with E-state index in [9.17, 15) is 0 Å². The van der Waals surface area contributed by atoms with Crippen LogP contribution >= 0.6 is 0 Å². The summed E-state index contributed by atoms with van der Waals surface area (Å²) < 4.78 is 11.9. The van der Waals surface area contributed by atoms with E-state index >= 15 is 0 Å². The minimum absolute atomic E-state index is 0.0948. The van der Waals surface area contributed by atoms with Gasteiger partial charge in [-0.15, -0.1) is 0 Å². The zero-order chi connectivity index (χ0) is 14.8. The zero-order valence-electron chi connectivity index (χ0n) is 13.6. The molecule has 4 heteroatoms. The first-order valence-electron chi connectivity index (χ1n) is 7.82. The molecule has 0 N–H and O–H groups in total. The van der Waals surface area contributed by atoms with Crippen LogP contribution in [0.4, 0.5) is 0 Å². The Morgan fingerprint density at radius 2 is 2.10 bits per heavy atom. The topological polar surface area (TPSA) is 21.7 Å². The molecule has 0 saturated carbocycles. The number of hydrogen-bond acceptors (Lipinski definition) is 3. The molecule has 2 fully saturated rings. The van der Waals surface area contributed by atoms with Gasteiger partial charge in [0.1, 0.15) is 0 Å². The molecule has 2 aliphatic heterocycles. The van der Waals surface area contributed by atoms with Crippen molar-refractivity contribution in [3.8, 4) is 0 Å². The van der Waals surface area contributed by atoms with E-state index in [0.717, 1.165) is 32.3 Å². The summed E-state index contributed by atoms with van der Waals surface area (Å²) in [6.07, 6.45) is 7.95. The summed E-state index contributed by atoms with van der Waals surface area (Å²) in [4.78, 5) is 2.38. The van der Waals surface area contributed by atoms with E-state index < -0.39 is 0 Å². The molecule has 1 unspecified atom stereocenters. The maximum Gasteiger partial charge on any atom is 0.461 e. The first-order chi connectivity index (χ1) is 9.42. The third kappa shape index (κ3) is 3.75. The smallest absolute Gasteiger partial charge is 0.406 e. The highest BCUT2D eigenvalue weighted by molar-refractivity contribution is 6.46. The standard InChI is InChI=1S/C16H28BNO2/c1-6-7-14-9-11-18(5)12-15(14)8-10-17-19-13(2)16(3,4)20-17/h7-8,13H,6,9-12H2,1-5H3/b14-7-,15-8-. The van der Waals surface area contributed by atoms with Gasteiger partial charge in [-0.1, -0.05) is 19.1 Å². The van der Waals surface area contributed by atoms with Gasteiger partial charge in [0.25, 0.3) is 0 Å². The molecular weight excluding hydrogens is 249 g/mol. The van der Waals surface area contributed by atoms with Crippen molar-refractivity contribution in [2.45, 2.75) is 58.6 Å². The molecule has 2 heterocycles. The Labute approximate surface area is 124 Å². The summed E-state index contributed by atoms with van der Waals surface area (Å²) in [6, 6.07) is 0. The molecule has 0 bridgehead atoms. The fourth-order valence-electron chi connectivity index (χ4n) is 2.81. The van der Waals surface area contributed by atoms with Crippen molar-refractivity contribution in [2.24, 2.45) is 0 Å². The van der Waals surface area contributed by atoms with Crippen LogP contribution in [-0.2, 0) is 9.31 Å². The van der Waals surface area contributed by atoms with Gasteiger partial charge in [0, 0.05) is 19.4 Å². The predicted octanol–water partition coefficient (Wildman–Crippen LogP) is 3.29. The van der Waals surface area contributed by atoms with Crippen LogP contribution < -0.4 is 0 Å². The highest BCUT2D eigenvalue weighted by atomic mass is 16.7. The van der Waals surface area contributed by atoms with Crippen molar-refractivity contribution in [3.63, 3.8) is 0 Å². The molecule has 0 spiro atoms. The van der Waals surface area contributed by atoms with E-state index in [2.05, 4.69) is 51.8 Å². The van der Waals surface area contributed by atoms with Gasteiger partial charge in [-0.2, -0.15) is 0 Å². The number of nitrogens with zero attached hydrogens (tertiary/aromatic N) is 1. The van der Waals surface area contributed by atoms with E-state index in [-0.39, 0.29) is 18.8 Å². The van der Waals surface area contributed by atoms with Crippen LogP contribution in [0.5, 0.6) is 0 Å². The van der Waals surface area contributed by atoms with Crippen LogP contribution in [0.15, 0.2) is 23.3 Å². The van der Waals surface area contributed by atoms with Crippen LogP contribution in [0.3, 0.4) is 0 Å². The lowest BCUT2D eigenvalue weighted by Crippen LogP contribution is -2.30. The minimum Gasteiger partial charge on any atom is -0.406 e. The number of likely N-dealkylation sites (N-methyl/N-ethyl adjacent to an activating group) is 1. The first-order valence-corrected chi connectivity index (χ1v) is 7.82. The zero-order valence-corrected chi connectivity index (χ0v) is 13.6. The summed E-state index contributed by atoms with van der Waals surface area (Å²) in [5.41, 5.74) is 2.79. The number of hydrogen-bond donors (Lipinski definition) is 0. The Hall–Kier alpha value is -0.575. The van der Waals surface area contributed by atoms with Crippen LogP contribution in [0.1, 0.15) is 40.5 Å². The van der Waals surface area contributed by atoms with Gasteiger partial charge in [0.2, 0.25) is 0 Å². The fraction of sp³-hybridized carbons (Fsp3) is 0.750. The normalized spacial score (nSPS) is 31.4. The maximum atomic E-state index is 5.97. The Morgan fingerprint density at radius 1 is 1.35 bits per heavy atom. The molecule has 0 aromatic heterocycles. The molecule has 20 heavy (non-hydrogen) atoms. The van der Waals surface area contributed by atoms with E-state index in [4.69, 9.17) is 9.31 Å². The molecule has 3 nitrogen and oxygen atoms in total. The molecule has 0 aliphatic carbocycles. The lowest BCUT2D eigenvalue weighted by atomic mass is 9.82. The van der Waals surface area contributed by atoms with Gasteiger partial charge in [-0.25, -0.2) is 0 Å². The molecule has 0 radical (unpaired) electrons. The Bertz CT molecular complexity index is 403. The van der Waals surface area contributed by atoms with Crippen molar-refractivity contribution < 1.29 is 9.31 Å². The largest absolute Gasteiger partial charge is 0.461 e. The molecule has 0 aromatic carbocycles. The molecule has 0 aromatic rings. The van der Waals surface area contributed by atoms with Crippen molar-refractivity contribution in [2.75, 3.05) is 20.1 Å². The molecule has 1 atom stereocenters. The van der Waals surface area contributed by atoms with Gasteiger partial charge in [-0.3, -0.25) is 0 Å². The summed E-state index contributed by atoms with van der Waals surface area (Å²) in [7, 11) is 2.09. The Balaban J connectivity index is 2.00. The predicted molar refractivity (Wildman–Crippen MR) is 84.8 cm³/mol. The quantitative estimate of drug-likeness (QED) is 0.739. The summed E-state index contributed by atoms with van der Waals surface area (Å²) in [6.45, 7) is 10.7. The van der Waals surface area contributed by atoms with Gasteiger partial charge in [0.05, 0.1) is 11.7 Å². The third-order valence-electron chi connectivity index (χ3n) is 4.39. The van der Waals surface area contributed by atoms with Crippen molar-refractivity contribution in [1.82, 2.24) is 4.90 Å². The van der Waals surface area contributed by atoms with Crippen LogP contribution in [0.25, 0.3) is 0 Å². The maximum absolute atomic E-state index is 5.97. The number of piperidine rings is 1. The first kappa shape index (κ1) is 15.8. The molecule has 2 saturated heterocycles. The van der Waals surface area contributed by atoms with Crippen LogP contribution in [0, 0.1) is 0 Å². The van der Waals surface area contributed by atoms with Gasteiger partial charge >= 0.3 is 7.12 Å². The Kier molecular flexibility index (Phi) is 5.11. The molecule has 2 aliphatic rings. The van der Waals surface area contributed by atoms with E-state index in [0.29, 0.717) is 0 Å². The highest BCUT2D eigenvalue weighted by Crippen LogP contribution is 2.30. The van der Waals surface area contributed by atoms with Gasteiger partial charge in [0.15, 0.2) is 0 Å². The molecule has 0 amide bonds. The number of allylic oxidation sites excluding steroid dienone is 2. The number of likely N-dealkylation sites (tertiary alicyclic amines) is 1. The van der Waals surface area contributed by atoms with Crippen molar-refractivity contribution in [3.05, 3.63) is 23.3 Å². The van der Waals surface area contributed by atoms with Crippen molar-refractivity contribution in [1.29, 1.82) is 0 Å². The molecule has 2 rings (SSSR count). The average molecular weight is 277 g/mol. The summed E-state index contributed by atoms with van der Waals surface area (Å²) in [5.74, 6) is 0. The second kappa shape index (κ2) is 6.46. The van der Waals surface area contributed by atoms with Crippen LogP contribution in [-0.4, -0.2) is 43.9 Å². The SMILES string of the molecule is CC/C=C1/CCN(C)C/C1=C/CB1OC(C)C(C)(C)O1. The second-order valence-electron chi connectivity index (χ2n) is 6.52. The van der Waals surface area contributed by atoms with Gasteiger partial charge in [-0.05, 0) is 51.8 Å². The van der Waals surface area contributed by atoms with E-state index in [1.165, 1.54) is 11.1 Å². The third-order valence-corrected chi connectivity index (χ3v) is 4.39.